The lowest BCUT2D eigenvalue weighted by atomic mass is 10.1. The van der Waals surface area contributed by atoms with Crippen molar-refractivity contribution in [2.45, 2.75) is 0 Å². The molecule has 27 heavy (non-hydrogen) atoms. The number of halogens is 2. The van der Waals surface area contributed by atoms with Gasteiger partial charge in [-0.25, -0.2) is 0 Å². The molecule has 0 unspecified atom stereocenters. The largest absolute Gasteiger partial charge is 0.507 e. The van der Waals surface area contributed by atoms with Gasteiger partial charge in [-0.05, 0) is 54.6 Å². The van der Waals surface area contributed by atoms with Gasteiger partial charge in [-0.15, -0.1) is 0 Å². The van der Waals surface area contributed by atoms with Crippen molar-refractivity contribution < 1.29 is 19.4 Å². The number of amides is 1. The van der Waals surface area contributed by atoms with Gasteiger partial charge in [-0.3, -0.25) is 4.79 Å². The highest BCUT2D eigenvalue weighted by Gasteiger charge is 2.17. The molecule has 0 aromatic heterocycles. The summed E-state index contributed by atoms with van der Waals surface area (Å²) in [5.74, 6) is 0.573. The molecule has 0 aliphatic carbocycles. The molecule has 138 valence electrons. The van der Waals surface area contributed by atoms with Crippen molar-refractivity contribution in [1.29, 1.82) is 0 Å². The van der Waals surface area contributed by atoms with Crippen molar-refractivity contribution in [1.82, 2.24) is 0 Å². The van der Waals surface area contributed by atoms with Crippen LogP contribution in [0.1, 0.15) is 10.4 Å². The van der Waals surface area contributed by atoms with E-state index >= 15 is 0 Å². The summed E-state index contributed by atoms with van der Waals surface area (Å²) in [6.45, 7) is 0. The Kier molecular flexibility index (Phi) is 5.74. The third-order valence-corrected chi connectivity index (χ3v) is 4.23. The van der Waals surface area contributed by atoms with Gasteiger partial charge in [0.25, 0.3) is 5.91 Å². The second-order valence-corrected chi connectivity index (χ2v) is 6.35. The number of anilines is 1. The van der Waals surface area contributed by atoms with Gasteiger partial charge < -0.3 is 19.9 Å². The minimum absolute atomic E-state index is 0.0395. The molecule has 0 aliphatic heterocycles. The van der Waals surface area contributed by atoms with Gasteiger partial charge in [0.15, 0.2) is 0 Å². The zero-order chi connectivity index (χ0) is 19.4. The van der Waals surface area contributed by atoms with Crippen molar-refractivity contribution in [3.05, 3.63) is 76.3 Å². The van der Waals surface area contributed by atoms with E-state index in [0.29, 0.717) is 27.2 Å². The smallest absolute Gasteiger partial charge is 0.263 e. The molecule has 0 radical (unpaired) electrons. The summed E-state index contributed by atoms with van der Waals surface area (Å²) in [6.07, 6.45) is 0. The maximum atomic E-state index is 12.5. The third kappa shape index (κ3) is 4.45. The number of rotatable bonds is 5. The second-order valence-electron chi connectivity index (χ2n) is 5.51. The maximum absolute atomic E-state index is 12.5. The molecule has 0 atom stereocenters. The first-order valence-electron chi connectivity index (χ1n) is 7.88. The fraction of sp³-hybridized carbons (Fsp3) is 0.0500. The van der Waals surface area contributed by atoms with Crippen molar-refractivity contribution in [3.8, 4) is 23.0 Å². The van der Waals surface area contributed by atoms with E-state index in [9.17, 15) is 9.90 Å². The fourth-order valence-corrected chi connectivity index (χ4v) is 2.75. The Morgan fingerprint density at radius 3 is 2.41 bits per heavy atom. The molecule has 0 saturated heterocycles. The Hall–Kier alpha value is -2.89. The average molecular weight is 404 g/mol. The van der Waals surface area contributed by atoms with Crippen LogP contribution in [0.5, 0.6) is 23.0 Å². The number of phenols is 1. The molecule has 0 aliphatic rings. The number of carbonyl (C=O) groups is 1. The van der Waals surface area contributed by atoms with E-state index in [0.717, 1.165) is 0 Å². The number of hydrogen-bond acceptors (Lipinski definition) is 4. The lowest BCUT2D eigenvalue weighted by Crippen LogP contribution is -2.13. The second kappa shape index (κ2) is 8.20. The summed E-state index contributed by atoms with van der Waals surface area (Å²) in [6, 6.07) is 16.3. The van der Waals surface area contributed by atoms with Crippen LogP contribution in [0.15, 0.2) is 60.7 Å². The van der Waals surface area contributed by atoms with Crippen LogP contribution in [0.2, 0.25) is 10.0 Å². The van der Waals surface area contributed by atoms with Crippen LogP contribution in [-0.2, 0) is 0 Å². The molecule has 3 aromatic carbocycles. The molecular weight excluding hydrogens is 389 g/mol. The highest BCUT2D eigenvalue weighted by Crippen LogP contribution is 2.33. The van der Waals surface area contributed by atoms with Gasteiger partial charge in [-0.2, -0.15) is 0 Å². The number of ether oxygens (including phenoxy) is 2. The van der Waals surface area contributed by atoms with Gasteiger partial charge in [0.1, 0.15) is 28.6 Å². The topological polar surface area (TPSA) is 67.8 Å². The van der Waals surface area contributed by atoms with Gasteiger partial charge in [0.05, 0.1) is 12.1 Å². The van der Waals surface area contributed by atoms with E-state index in [4.69, 9.17) is 32.7 Å². The summed E-state index contributed by atoms with van der Waals surface area (Å²) >= 11 is 12.1. The number of carbonyl (C=O) groups excluding carboxylic acids is 1. The predicted octanol–water partition coefficient (Wildman–Crippen LogP) is 5.75. The van der Waals surface area contributed by atoms with E-state index in [2.05, 4.69) is 5.32 Å². The molecule has 3 aromatic rings. The SMILES string of the molecule is COc1cccc(O)c1C(=O)Nc1ccc(Oc2ccc(Cl)cc2)c(Cl)c1. The van der Waals surface area contributed by atoms with Crippen molar-refractivity contribution in [2.75, 3.05) is 12.4 Å². The van der Waals surface area contributed by atoms with Gasteiger partial charge in [-0.1, -0.05) is 29.3 Å². The summed E-state index contributed by atoms with van der Waals surface area (Å²) in [5.41, 5.74) is 0.483. The normalized spacial score (nSPS) is 10.3. The van der Waals surface area contributed by atoms with Crippen LogP contribution in [-0.4, -0.2) is 18.1 Å². The lowest BCUT2D eigenvalue weighted by molar-refractivity contribution is 0.102. The van der Waals surface area contributed by atoms with Crippen LogP contribution in [0.25, 0.3) is 0 Å². The number of nitrogens with one attached hydrogen (secondary N) is 1. The summed E-state index contributed by atoms with van der Waals surface area (Å²) < 4.78 is 10.8. The number of hydrogen-bond donors (Lipinski definition) is 2. The molecule has 2 N–H and O–H groups in total. The predicted molar refractivity (Wildman–Crippen MR) is 106 cm³/mol. The molecule has 1 amide bonds. The van der Waals surface area contributed by atoms with Crippen LogP contribution in [0.4, 0.5) is 5.69 Å². The maximum Gasteiger partial charge on any atom is 0.263 e. The van der Waals surface area contributed by atoms with E-state index < -0.39 is 5.91 Å². The Bertz CT molecular complexity index is 974. The average Bonchev–Trinajstić information content (AvgIpc) is 2.65. The van der Waals surface area contributed by atoms with Gasteiger partial charge in [0, 0.05) is 10.7 Å². The fourth-order valence-electron chi connectivity index (χ4n) is 2.40. The highest BCUT2D eigenvalue weighted by atomic mass is 35.5. The standard InChI is InChI=1S/C20H15Cl2NO4/c1-26-18-4-2-3-16(24)19(18)20(25)23-13-7-10-17(15(22)11-13)27-14-8-5-12(21)6-9-14/h2-11,24H,1H3,(H,23,25). The summed E-state index contributed by atoms with van der Waals surface area (Å²) in [5, 5.41) is 13.5. The van der Waals surface area contributed by atoms with E-state index in [1.807, 2.05) is 0 Å². The zero-order valence-electron chi connectivity index (χ0n) is 14.2. The quantitative estimate of drug-likeness (QED) is 0.568. The first kappa shape index (κ1) is 18.9. The van der Waals surface area contributed by atoms with E-state index in [-0.39, 0.29) is 17.1 Å². The van der Waals surface area contributed by atoms with E-state index in [1.165, 1.54) is 13.2 Å². The van der Waals surface area contributed by atoms with Crippen molar-refractivity contribution in [3.63, 3.8) is 0 Å². The molecule has 0 bridgehead atoms. The van der Waals surface area contributed by atoms with Crippen molar-refractivity contribution in [2.24, 2.45) is 0 Å². The summed E-state index contributed by atoms with van der Waals surface area (Å²) in [7, 11) is 1.42. The van der Waals surface area contributed by atoms with Gasteiger partial charge in [0.2, 0.25) is 0 Å². The lowest BCUT2D eigenvalue weighted by Gasteiger charge is -2.12. The zero-order valence-corrected chi connectivity index (χ0v) is 15.7. The molecule has 0 saturated carbocycles. The minimum atomic E-state index is -0.521. The van der Waals surface area contributed by atoms with E-state index in [1.54, 1.807) is 54.6 Å². The molecule has 7 heteroatoms. The van der Waals surface area contributed by atoms with Crippen LogP contribution in [0, 0.1) is 0 Å². The van der Waals surface area contributed by atoms with Crippen LogP contribution >= 0.6 is 23.2 Å². The van der Waals surface area contributed by atoms with Gasteiger partial charge >= 0.3 is 0 Å². The number of methoxy groups -OCH3 is 1. The molecule has 0 spiro atoms. The Labute approximate surface area is 166 Å². The van der Waals surface area contributed by atoms with Crippen LogP contribution in [0.3, 0.4) is 0 Å². The Morgan fingerprint density at radius 2 is 1.74 bits per heavy atom. The number of benzene rings is 3. The molecule has 0 fully saturated rings. The van der Waals surface area contributed by atoms with Crippen LogP contribution < -0.4 is 14.8 Å². The van der Waals surface area contributed by atoms with Crippen molar-refractivity contribution >= 4 is 34.8 Å². The molecule has 0 heterocycles. The Morgan fingerprint density at radius 1 is 1.00 bits per heavy atom. The highest BCUT2D eigenvalue weighted by molar-refractivity contribution is 6.32. The summed E-state index contributed by atoms with van der Waals surface area (Å²) in [4.78, 5) is 12.5. The number of aromatic hydroxyl groups is 1. The molecule has 3 rings (SSSR count). The number of phenolic OH excluding ortho intramolecular Hbond substituents is 1. The molecular formula is C20H15Cl2NO4. The monoisotopic (exact) mass is 403 g/mol. The molecule has 5 nitrogen and oxygen atoms in total. The first-order valence-corrected chi connectivity index (χ1v) is 8.64. The first-order chi connectivity index (χ1) is 13.0. The Balaban J connectivity index is 1.78. The third-order valence-electron chi connectivity index (χ3n) is 3.68. The minimum Gasteiger partial charge on any atom is -0.507 e.